The van der Waals surface area contributed by atoms with Gasteiger partial charge in [-0.3, -0.25) is 4.79 Å². The Balaban J connectivity index is 1.95. The van der Waals surface area contributed by atoms with E-state index < -0.39 is 0 Å². The number of pyridine rings is 1. The fourth-order valence-electron chi connectivity index (χ4n) is 2.17. The Hall–Kier alpha value is -3.46. The van der Waals surface area contributed by atoms with Crippen LogP contribution in [-0.4, -0.2) is 15.0 Å². The first kappa shape index (κ1) is 14.5. The number of benzene rings is 1. The number of H-pyrrole nitrogens is 1. The molecule has 0 fully saturated rings. The van der Waals surface area contributed by atoms with Crippen molar-refractivity contribution in [3.8, 4) is 29.0 Å². The van der Waals surface area contributed by atoms with Crippen molar-refractivity contribution >= 4 is 0 Å². The summed E-state index contributed by atoms with van der Waals surface area (Å²) in [4.78, 5) is 22.4. The van der Waals surface area contributed by atoms with Crippen LogP contribution >= 0.6 is 0 Å². The third-order valence-electron chi connectivity index (χ3n) is 3.20. The van der Waals surface area contributed by atoms with Crippen molar-refractivity contribution in [2.75, 3.05) is 0 Å². The molecule has 3 rings (SSSR count). The molecule has 0 radical (unpaired) electrons. The zero-order valence-electron chi connectivity index (χ0n) is 12.3. The van der Waals surface area contributed by atoms with E-state index in [0.29, 0.717) is 17.0 Å². The Morgan fingerprint density at radius 3 is 2.52 bits per heavy atom. The van der Waals surface area contributed by atoms with Gasteiger partial charge in [-0.15, -0.1) is 0 Å². The maximum atomic E-state index is 11.9. The molecule has 112 valence electrons. The minimum absolute atomic E-state index is 0.0932. The second kappa shape index (κ2) is 6.12. The van der Waals surface area contributed by atoms with Gasteiger partial charge in [0.25, 0.3) is 5.56 Å². The van der Waals surface area contributed by atoms with Crippen LogP contribution in [0.4, 0.5) is 0 Å². The monoisotopic (exact) mass is 304 g/mol. The molecule has 1 aromatic carbocycles. The number of nitrogens with zero attached hydrogens (tertiary/aromatic N) is 3. The number of hydrogen-bond acceptors (Lipinski definition) is 5. The highest BCUT2D eigenvalue weighted by Gasteiger charge is 2.10. The number of aryl methyl sites for hydroxylation is 1. The minimum atomic E-state index is -0.388. The van der Waals surface area contributed by atoms with Gasteiger partial charge in [0.15, 0.2) is 0 Å². The number of aromatic nitrogens is 3. The topological polar surface area (TPSA) is 91.7 Å². The van der Waals surface area contributed by atoms with Crippen molar-refractivity contribution in [3.05, 3.63) is 70.4 Å². The average Bonchev–Trinajstić information content (AvgIpc) is 2.56. The third-order valence-corrected chi connectivity index (χ3v) is 3.20. The normalized spacial score (nSPS) is 10.1. The van der Waals surface area contributed by atoms with E-state index >= 15 is 0 Å². The molecule has 3 aromatic rings. The lowest BCUT2D eigenvalue weighted by atomic mass is 10.0. The Morgan fingerprint density at radius 2 is 1.87 bits per heavy atom. The summed E-state index contributed by atoms with van der Waals surface area (Å²) in [6.45, 7) is 1.77. The first-order chi connectivity index (χ1) is 11.2. The van der Waals surface area contributed by atoms with Gasteiger partial charge in [-0.05, 0) is 36.8 Å². The van der Waals surface area contributed by atoms with Gasteiger partial charge in [0.1, 0.15) is 17.4 Å². The molecule has 23 heavy (non-hydrogen) atoms. The summed E-state index contributed by atoms with van der Waals surface area (Å²) >= 11 is 0. The Kier molecular flexibility index (Phi) is 3.85. The van der Waals surface area contributed by atoms with Gasteiger partial charge < -0.3 is 9.72 Å². The molecule has 0 bridgehead atoms. The second-order valence-electron chi connectivity index (χ2n) is 4.84. The zero-order chi connectivity index (χ0) is 16.2. The lowest BCUT2D eigenvalue weighted by Crippen LogP contribution is -2.12. The fourth-order valence-corrected chi connectivity index (χ4v) is 2.17. The van der Waals surface area contributed by atoms with Crippen LogP contribution in [0.2, 0.25) is 0 Å². The molecule has 2 aromatic heterocycles. The van der Waals surface area contributed by atoms with Gasteiger partial charge in [-0.1, -0.05) is 12.1 Å². The Labute approximate surface area is 132 Å². The molecule has 6 nitrogen and oxygen atoms in total. The molecule has 2 heterocycles. The molecule has 0 amide bonds. The maximum absolute atomic E-state index is 11.9. The molecule has 0 spiro atoms. The second-order valence-corrected chi connectivity index (χ2v) is 4.84. The molecular weight excluding hydrogens is 292 g/mol. The number of hydrogen-bond donors (Lipinski definition) is 1. The van der Waals surface area contributed by atoms with Crippen molar-refractivity contribution in [2.45, 2.75) is 6.92 Å². The molecule has 0 atom stereocenters. The van der Waals surface area contributed by atoms with E-state index in [9.17, 15) is 10.1 Å². The number of nitrogens with one attached hydrogen (secondary N) is 1. The number of aromatic amines is 1. The van der Waals surface area contributed by atoms with Crippen LogP contribution in [0.1, 0.15) is 11.3 Å². The average molecular weight is 304 g/mol. The van der Waals surface area contributed by atoms with Gasteiger partial charge >= 0.3 is 6.01 Å². The summed E-state index contributed by atoms with van der Waals surface area (Å²) in [5.74, 6) is 0.569. The van der Waals surface area contributed by atoms with E-state index in [4.69, 9.17) is 4.74 Å². The van der Waals surface area contributed by atoms with E-state index in [1.807, 2.05) is 6.07 Å². The van der Waals surface area contributed by atoms with Crippen LogP contribution in [0, 0.1) is 18.3 Å². The molecule has 6 heteroatoms. The minimum Gasteiger partial charge on any atom is -0.424 e. The van der Waals surface area contributed by atoms with E-state index in [0.717, 1.165) is 5.56 Å². The van der Waals surface area contributed by atoms with Crippen LogP contribution in [0.15, 0.2) is 53.6 Å². The standard InChI is InChI=1S/C17H12N4O2/c1-11-9-14(15(10-18)16(22)21-11)12-3-5-13(6-4-12)23-17-19-7-2-8-20-17/h2-9H,1H3,(H,21,22). The van der Waals surface area contributed by atoms with Crippen molar-refractivity contribution < 1.29 is 4.74 Å². The van der Waals surface area contributed by atoms with Gasteiger partial charge in [-0.2, -0.15) is 5.26 Å². The first-order valence-corrected chi connectivity index (χ1v) is 6.86. The van der Waals surface area contributed by atoms with Crippen LogP contribution < -0.4 is 10.3 Å². The quantitative estimate of drug-likeness (QED) is 0.803. The van der Waals surface area contributed by atoms with Crippen LogP contribution in [0.25, 0.3) is 11.1 Å². The van der Waals surface area contributed by atoms with E-state index in [1.165, 1.54) is 0 Å². The van der Waals surface area contributed by atoms with Crippen molar-refractivity contribution in [1.29, 1.82) is 5.26 Å². The van der Waals surface area contributed by atoms with Crippen molar-refractivity contribution in [3.63, 3.8) is 0 Å². The molecule has 0 aliphatic rings. The molecule has 0 aliphatic carbocycles. The molecule has 0 aliphatic heterocycles. The maximum Gasteiger partial charge on any atom is 0.321 e. The SMILES string of the molecule is Cc1cc(-c2ccc(Oc3ncccn3)cc2)c(C#N)c(=O)[nH]1. The van der Waals surface area contributed by atoms with Crippen molar-refractivity contribution in [2.24, 2.45) is 0 Å². The number of ether oxygens (including phenoxy) is 1. The van der Waals surface area contributed by atoms with E-state index in [2.05, 4.69) is 15.0 Å². The zero-order valence-corrected chi connectivity index (χ0v) is 12.3. The molecule has 0 saturated heterocycles. The molecule has 0 unspecified atom stereocenters. The Morgan fingerprint density at radius 1 is 1.17 bits per heavy atom. The number of rotatable bonds is 3. The lowest BCUT2D eigenvalue weighted by molar-refractivity contribution is 0.442. The fraction of sp³-hybridized carbons (Fsp3) is 0.0588. The summed E-state index contributed by atoms with van der Waals surface area (Å²) in [6.07, 6.45) is 3.18. The van der Waals surface area contributed by atoms with Crippen LogP contribution in [0.5, 0.6) is 11.8 Å². The third kappa shape index (κ3) is 3.09. The Bertz CT molecular complexity index is 926. The summed E-state index contributed by atoms with van der Waals surface area (Å²) in [7, 11) is 0. The van der Waals surface area contributed by atoms with Gasteiger partial charge in [0.2, 0.25) is 0 Å². The first-order valence-electron chi connectivity index (χ1n) is 6.86. The predicted octanol–water partition coefficient (Wildman–Crippen LogP) is 2.80. The highest BCUT2D eigenvalue weighted by Crippen LogP contribution is 2.25. The summed E-state index contributed by atoms with van der Waals surface area (Å²) in [5.41, 5.74) is 1.76. The lowest BCUT2D eigenvalue weighted by Gasteiger charge is -2.07. The van der Waals surface area contributed by atoms with E-state index in [-0.39, 0.29) is 17.1 Å². The van der Waals surface area contributed by atoms with Gasteiger partial charge in [0.05, 0.1) is 0 Å². The van der Waals surface area contributed by atoms with Gasteiger partial charge in [0, 0.05) is 23.7 Å². The van der Waals surface area contributed by atoms with Gasteiger partial charge in [-0.25, -0.2) is 9.97 Å². The summed E-state index contributed by atoms with van der Waals surface area (Å²) < 4.78 is 5.52. The predicted molar refractivity (Wildman–Crippen MR) is 84.1 cm³/mol. The molecular formula is C17H12N4O2. The van der Waals surface area contributed by atoms with E-state index in [1.54, 1.807) is 55.7 Å². The summed E-state index contributed by atoms with van der Waals surface area (Å²) in [6, 6.07) is 12.7. The van der Waals surface area contributed by atoms with Crippen molar-refractivity contribution in [1.82, 2.24) is 15.0 Å². The molecule has 0 saturated carbocycles. The molecule has 1 N–H and O–H groups in total. The summed E-state index contributed by atoms with van der Waals surface area (Å²) in [5, 5.41) is 9.19. The van der Waals surface area contributed by atoms with Crippen LogP contribution in [-0.2, 0) is 0 Å². The highest BCUT2D eigenvalue weighted by molar-refractivity contribution is 5.70. The smallest absolute Gasteiger partial charge is 0.321 e. The number of nitriles is 1. The van der Waals surface area contributed by atoms with Crippen LogP contribution in [0.3, 0.4) is 0 Å². The highest BCUT2D eigenvalue weighted by atomic mass is 16.5. The largest absolute Gasteiger partial charge is 0.424 e.